The monoisotopic (exact) mass is 244 g/mol. The van der Waals surface area contributed by atoms with Crippen molar-refractivity contribution >= 4 is 11.6 Å². The number of rotatable bonds is 8. The second-order valence-electron chi connectivity index (χ2n) is 4.39. The summed E-state index contributed by atoms with van der Waals surface area (Å²) in [4.78, 5) is 0. The Balaban J connectivity index is 3.74. The molecule has 0 aliphatic carbocycles. The van der Waals surface area contributed by atoms with E-state index in [2.05, 4.69) is 26.0 Å². The van der Waals surface area contributed by atoms with Crippen LogP contribution in [0.15, 0.2) is 23.3 Å². The topological polar surface area (TPSA) is 20.2 Å². The molecule has 0 unspecified atom stereocenters. The summed E-state index contributed by atoms with van der Waals surface area (Å²) in [6.07, 6.45) is 9.10. The molecule has 0 aromatic heterocycles. The van der Waals surface area contributed by atoms with E-state index in [9.17, 15) is 5.11 Å². The summed E-state index contributed by atoms with van der Waals surface area (Å²) >= 11 is 5.62. The Hall–Kier alpha value is -0.270. The zero-order chi connectivity index (χ0) is 12.4. The first kappa shape index (κ1) is 15.7. The summed E-state index contributed by atoms with van der Waals surface area (Å²) in [5, 5.41) is 9.44. The zero-order valence-electron chi connectivity index (χ0n) is 10.8. The van der Waals surface area contributed by atoms with Gasteiger partial charge in [0.25, 0.3) is 0 Å². The highest BCUT2D eigenvalue weighted by Crippen LogP contribution is 2.12. The maximum absolute atomic E-state index is 9.44. The number of aliphatic hydroxyl groups excluding tert-OH is 1. The predicted octanol–water partition coefficient (Wildman–Crippen LogP) is 4.45. The van der Waals surface area contributed by atoms with E-state index >= 15 is 0 Å². The summed E-state index contributed by atoms with van der Waals surface area (Å²) in [6.45, 7) is 6.28. The van der Waals surface area contributed by atoms with Crippen LogP contribution in [0, 0.1) is 0 Å². The fourth-order valence-corrected chi connectivity index (χ4v) is 1.74. The van der Waals surface area contributed by atoms with Gasteiger partial charge in [0.1, 0.15) is 0 Å². The van der Waals surface area contributed by atoms with Crippen molar-refractivity contribution in [3.8, 4) is 0 Å². The van der Waals surface area contributed by atoms with E-state index in [0.29, 0.717) is 5.88 Å². The average molecular weight is 245 g/mol. The number of hydrogen-bond donors (Lipinski definition) is 1. The highest BCUT2D eigenvalue weighted by molar-refractivity contribution is 6.18. The second-order valence-corrected chi connectivity index (χ2v) is 4.70. The van der Waals surface area contributed by atoms with Crippen molar-refractivity contribution in [2.24, 2.45) is 0 Å². The minimum Gasteiger partial charge on any atom is -0.393 e. The molecule has 0 radical (unpaired) electrons. The van der Waals surface area contributed by atoms with E-state index in [1.807, 2.05) is 6.92 Å². The van der Waals surface area contributed by atoms with Gasteiger partial charge in [0.2, 0.25) is 0 Å². The van der Waals surface area contributed by atoms with Gasteiger partial charge in [-0.3, -0.25) is 0 Å². The molecule has 0 aliphatic heterocycles. The maximum atomic E-state index is 9.44. The van der Waals surface area contributed by atoms with Crippen molar-refractivity contribution in [1.29, 1.82) is 0 Å². The van der Waals surface area contributed by atoms with Crippen LogP contribution in [0.3, 0.4) is 0 Å². The second kappa shape index (κ2) is 9.92. The summed E-state index contributed by atoms with van der Waals surface area (Å²) in [5.74, 6) is 0.608. The third kappa shape index (κ3) is 8.99. The number of allylic oxidation sites excluding steroid dienone is 4. The van der Waals surface area contributed by atoms with E-state index in [1.54, 1.807) is 0 Å². The molecule has 0 heterocycles. The molecule has 0 fully saturated rings. The first-order valence-electron chi connectivity index (χ1n) is 6.15. The van der Waals surface area contributed by atoms with Crippen molar-refractivity contribution in [3.63, 3.8) is 0 Å². The van der Waals surface area contributed by atoms with Crippen molar-refractivity contribution in [2.45, 2.75) is 59.0 Å². The largest absolute Gasteiger partial charge is 0.393 e. The van der Waals surface area contributed by atoms with Gasteiger partial charge >= 0.3 is 0 Å². The van der Waals surface area contributed by atoms with E-state index in [4.69, 9.17) is 11.6 Å². The molecule has 0 saturated carbocycles. The van der Waals surface area contributed by atoms with E-state index in [0.717, 1.165) is 32.1 Å². The molecule has 0 aliphatic rings. The van der Waals surface area contributed by atoms with Crippen molar-refractivity contribution in [2.75, 3.05) is 5.88 Å². The molecule has 1 atom stereocenters. The lowest BCUT2D eigenvalue weighted by atomic mass is 10.0. The maximum Gasteiger partial charge on any atom is 0.0540 e. The van der Waals surface area contributed by atoms with Gasteiger partial charge in [0.05, 0.1) is 6.10 Å². The molecular formula is C14H25ClO. The lowest BCUT2D eigenvalue weighted by molar-refractivity contribution is 0.160. The van der Waals surface area contributed by atoms with Crippen LogP contribution in [0.4, 0.5) is 0 Å². The molecule has 0 aromatic rings. The molecule has 0 spiro atoms. The fraction of sp³-hybridized carbons (Fsp3) is 0.714. The Labute approximate surface area is 105 Å². The summed E-state index contributed by atoms with van der Waals surface area (Å²) in [5.41, 5.74) is 2.74. The molecule has 0 rings (SSSR count). The minimum absolute atomic E-state index is 0.138. The van der Waals surface area contributed by atoms with Crippen LogP contribution in [-0.4, -0.2) is 17.1 Å². The normalized spacial score (nSPS) is 15.3. The molecular weight excluding hydrogens is 220 g/mol. The molecule has 1 nitrogen and oxygen atoms in total. The lowest BCUT2D eigenvalue weighted by Crippen LogP contribution is -2.03. The van der Waals surface area contributed by atoms with Gasteiger partial charge in [-0.25, -0.2) is 0 Å². The van der Waals surface area contributed by atoms with Gasteiger partial charge in [0, 0.05) is 5.88 Å². The van der Waals surface area contributed by atoms with Gasteiger partial charge < -0.3 is 5.11 Å². The summed E-state index contributed by atoms with van der Waals surface area (Å²) < 4.78 is 0. The summed E-state index contributed by atoms with van der Waals surface area (Å²) in [7, 11) is 0. The number of alkyl halides is 1. The average Bonchev–Trinajstić information content (AvgIpc) is 2.26. The SMILES string of the molecule is CC[C@@H](O)CCC(C)=CCCC(C)=CCCl. The van der Waals surface area contributed by atoms with Crippen molar-refractivity contribution in [1.82, 2.24) is 0 Å². The van der Waals surface area contributed by atoms with Crippen LogP contribution in [0.1, 0.15) is 52.9 Å². The molecule has 94 valence electrons. The number of halogens is 1. The quantitative estimate of drug-likeness (QED) is 0.494. The molecule has 0 saturated heterocycles. The fourth-order valence-electron chi connectivity index (χ4n) is 1.48. The van der Waals surface area contributed by atoms with Gasteiger partial charge in [-0.15, -0.1) is 11.6 Å². The number of hydrogen-bond acceptors (Lipinski definition) is 1. The molecule has 2 heteroatoms. The first-order valence-corrected chi connectivity index (χ1v) is 6.68. The van der Waals surface area contributed by atoms with Gasteiger partial charge in [-0.2, -0.15) is 0 Å². The molecule has 0 aromatic carbocycles. The Morgan fingerprint density at radius 1 is 1.19 bits per heavy atom. The smallest absolute Gasteiger partial charge is 0.0540 e. The Morgan fingerprint density at radius 3 is 2.38 bits per heavy atom. The Kier molecular flexibility index (Phi) is 9.75. The third-order valence-electron chi connectivity index (χ3n) is 2.80. The van der Waals surface area contributed by atoms with Gasteiger partial charge in [-0.05, 0) is 46.0 Å². The standard InChI is InChI=1S/C14H25ClO/c1-4-14(16)9-8-12(2)6-5-7-13(3)10-11-15/h6,10,14,16H,4-5,7-9,11H2,1-3H3/t14-/m1/s1. The van der Waals surface area contributed by atoms with E-state index < -0.39 is 0 Å². The third-order valence-corrected chi connectivity index (χ3v) is 2.95. The van der Waals surface area contributed by atoms with Crippen LogP contribution < -0.4 is 0 Å². The summed E-state index contributed by atoms with van der Waals surface area (Å²) in [6, 6.07) is 0. The van der Waals surface area contributed by atoms with E-state index in [-0.39, 0.29) is 6.10 Å². The highest BCUT2D eigenvalue weighted by Gasteiger charge is 2.00. The van der Waals surface area contributed by atoms with Crippen LogP contribution in [0.25, 0.3) is 0 Å². The first-order chi connectivity index (χ1) is 7.60. The van der Waals surface area contributed by atoms with Crippen molar-refractivity contribution in [3.05, 3.63) is 23.3 Å². The van der Waals surface area contributed by atoms with Crippen molar-refractivity contribution < 1.29 is 5.11 Å². The zero-order valence-corrected chi connectivity index (χ0v) is 11.6. The molecule has 0 bridgehead atoms. The Morgan fingerprint density at radius 2 is 1.81 bits per heavy atom. The Bertz CT molecular complexity index is 231. The van der Waals surface area contributed by atoms with E-state index in [1.165, 1.54) is 11.1 Å². The molecule has 1 N–H and O–H groups in total. The van der Waals surface area contributed by atoms with Gasteiger partial charge in [0.15, 0.2) is 0 Å². The highest BCUT2D eigenvalue weighted by atomic mass is 35.5. The predicted molar refractivity (Wildman–Crippen MR) is 73.0 cm³/mol. The van der Waals surface area contributed by atoms with Crippen LogP contribution in [0.2, 0.25) is 0 Å². The minimum atomic E-state index is -0.138. The van der Waals surface area contributed by atoms with Crippen LogP contribution >= 0.6 is 11.6 Å². The van der Waals surface area contributed by atoms with Crippen LogP contribution in [0.5, 0.6) is 0 Å². The lowest BCUT2D eigenvalue weighted by Gasteiger charge is -2.07. The van der Waals surface area contributed by atoms with Crippen LogP contribution in [-0.2, 0) is 0 Å². The molecule has 0 amide bonds. The van der Waals surface area contributed by atoms with Gasteiger partial charge in [-0.1, -0.05) is 30.2 Å². The number of aliphatic hydroxyl groups is 1. The molecule has 16 heavy (non-hydrogen) atoms.